The van der Waals surface area contributed by atoms with Crippen molar-refractivity contribution in [3.8, 4) is 0 Å². The first kappa shape index (κ1) is 19.8. The van der Waals surface area contributed by atoms with Gasteiger partial charge >= 0.3 is 0 Å². The summed E-state index contributed by atoms with van der Waals surface area (Å²) in [6.07, 6.45) is 5.81. The van der Waals surface area contributed by atoms with Crippen molar-refractivity contribution >= 4 is 11.8 Å². The minimum absolute atomic E-state index is 0.0450. The van der Waals surface area contributed by atoms with Gasteiger partial charge in [0.25, 0.3) is 5.91 Å². The van der Waals surface area contributed by atoms with Gasteiger partial charge < -0.3 is 10.2 Å². The van der Waals surface area contributed by atoms with E-state index >= 15 is 0 Å². The summed E-state index contributed by atoms with van der Waals surface area (Å²) in [5.41, 5.74) is 2.52. The number of rotatable bonds is 8. The summed E-state index contributed by atoms with van der Waals surface area (Å²) in [5, 5.41) is 3.06. The molecule has 0 saturated heterocycles. The van der Waals surface area contributed by atoms with Crippen LogP contribution < -0.4 is 5.32 Å². The molecule has 1 saturated carbocycles. The van der Waals surface area contributed by atoms with E-state index in [0.717, 1.165) is 24.0 Å². The van der Waals surface area contributed by atoms with Crippen LogP contribution in [0, 0.1) is 0 Å². The number of nitrogens with one attached hydrogen (secondary N) is 1. The third kappa shape index (κ3) is 5.11. The highest BCUT2D eigenvalue weighted by Gasteiger charge is 2.34. The number of amides is 2. The number of nitrogens with zero attached hydrogens (tertiary/aromatic N) is 2. The average molecular weight is 399 g/mol. The second-order valence-corrected chi connectivity index (χ2v) is 7.62. The molecule has 30 heavy (non-hydrogen) atoms. The van der Waals surface area contributed by atoms with Crippen LogP contribution in [0.1, 0.15) is 46.8 Å². The summed E-state index contributed by atoms with van der Waals surface area (Å²) in [4.78, 5) is 32.2. The summed E-state index contributed by atoms with van der Waals surface area (Å²) in [6, 6.07) is 22.5. The van der Waals surface area contributed by atoms with E-state index in [1.165, 1.54) is 0 Å². The number of hydrogen-bond acceptors (Lipinski definition) is 3. The second-order valence-electron chi connectivity index (χ2n) is 7.62. The topological polar surface area (TPSA) is 62.3 Å². The van der Waals surface area contributed by atoms with Crippen molar-refractivity contribution in [1.29, 1.82) is 0 Å². The molecule has 1 atom stereocenters. The van der Waals surface area contributed by atoms with E-state index in [1.54, 1.807) is 24.5 Å². The Balaban J connectivity index is 1.51. The van der Waals surface area contributed by atoms with Crippen LogP contribution in [-0.4, -0.2) is 27.7 Å². The lowest BCUT2D eigenvalue weighted by molar-refractivity contribution is -0.133. The Morgan fingerprint density at radius 1 is 0.967 bits per heavy atom. The standard InChI is InChI=1S/C25H25N3O2/c29-24(28(22-13-14-22)18-19-8-7-15-26-17-19)16-23(20-9-3-1-4-10-20)27-25(30)21-11-5-2-6-12-21/h1-12,15,17,22-23H,13-14,16,18H2,(H,27,30)/t23-/m0/s1. The van der Waals surface area contributed by atoms with Gasteiger partial charge in [-0.25, -0.2) is 0 Å². The zero-order valence-electron chi connectivity index (χ0n) is 16.8. The van der Waals surface area contributed by atoms with Crippen LogP contribution >= 0.6 is 0 Å². The quantitative estimate of drug-likeness (QED) is 0.619. The molecule has 0 unspecified atom stereocenters. The molecule has 0 aliphatic heterocycles. The zero-order valence-corrected chi connectivity index (χ0v) is 16.8. The first-order chi connectivity index (χ1) is 14.7. The molecule has 0 spiro atoms. The maximum atomic E-state index is 13.3. The summed E-state index contributed by atoms with van der Waals surface area (Å²) in [5.74, 6) is -0.133. The summed E-state index contributed by atoms with van der Waals surface area (Å²) >= 11 is 0. The van der Waals surface area contributed by atoms with Crippen LogP contribution in [0.4, 0.5) is 0 Å². The number of carbonyl (C=O) groups is 2. The molecule has 5 nitrogen and oxygen atoms in total. The van der Waals surface area contributed by atoms with Gasteiger partial charge in [-0.3, -0.25) is 14.6 Å². The van der Waals surface area contributed by atoms with Gasteiger partial charge in [0, 0.05) is 30.5 Å². The van der Waals surface area contributed by atoms with Crippen molar-refractivity contribution in [2.24, 2.45) is 0 Å². The fraction of sp³-hybridized carbons (Fsp3) is 0.240. The average Bonchev–Trinajstić information content (AvgIpc) is 3.64. The minimum Gasteiger partial charge on any atom is -0.345 e. The van der Waals surface area contributed by atoms with Gasteiger partial charge in [0.2, 0.25) is 5.91 Å². The summed E-state index contributed by atoms with van der Waals surface area (Å²) < 4.78 is 0. The van der Waals surface area contributed by atoms with E-state index in [4.69, 9.17) is 0 Å². The van der Waals surface area contributed by atoms with Crippen LogP contribution in [0.15, 0.2) is 85.2 Å². The summed E-state index contributed by atoms with van der Waals surface area (Å²) in [7, 11) is 0. The summed E-state index contributed by atoms with van der Waals surface area (Å²) in [6.45, 7) is 0.547. The first-order valence-corrected chi connectivity index (χ1v) is 10.3. The lowest BCUT2D eigenvalue weighted by atomic mass is 10.0. The second kappa shape index (κ2) is 9.35. The molecule has 1 fully saturated rings. The fourth-order valence-corrected chi connectivity index (χ4v) is 3.56. The molecule has 1 aliphatic carbocycles. The largest absolute Gasteiger partial charge is 0.345 e. The highest BCUT2D eigenvalue weighted by molar-refractivity contribution is 5.94. The normalized spacial score (nSPS) is 14.0. The van der Waals surface area contributed by atoms with E-state index in [2.05, 4.69) is 10.3 Å². The van der Waals surface area contributed by atoms with Crippen LogP contribution in [0.5, 0.6) is 0 Å². The Morgan fingerprint density at radius 2 is 1.67 bits per heavy atom. The monoisotopic (exact) mass is 399 g/mol. The van der Waals surface area contributed by atoms with E-state index < -0.39 is 0 Å². The predicted octanol–water partition coefficient (Wildman–Crippen LogP) is 4.13. The van der Waals surface area contributed by atoms with Crippen molar-refractivity contribution in [1.82, 2.24) is 15.2 Å². The van der Waals surface area contributed by atoms with Crippen LogP contribution in [0.3, 0.4) is 0 Å². The maximum Gasteiger partial charge on any atom is 0.251 e. The maximum absolute atomic E-state index is 13.3. The van der Waals surface area contributed by atoms with E-state index in [1.807, 2.05) is 65.6 Å². The lowest BCUT2D eigenvalue weighted by Crippen LogP contribution is -2.37. The third-order valence-corrected chi connectivity index (χ3v) is 5.31. The SMILES string of the molecule is O=C(N[C@@H](CC(=O)N(Cc1cccnc1)C1CC1)c1ccccc1)c1ccccc1. The van der Waals surface area contributed by atoms with Crippen LogP contribution in [0.25, 0.3) is 0 Å². The Labute approximate surface area is 176 Å². The Hall–Kier alpha value is -3.47. The minimum atomic E-state index is -0.387. The van der Waals surface area contributed by atoms with Crippen LogP contribution in [0.2, 0.25) is 0 Å². The molecular weight excluding hydrogens is 374 g/mol. The Bertz CT molecular complexity index is 973. The van der Waals surface area contributed by atoms with Crippen molar-refractivity contribution in [3.63, 3.8) is 0 Å². The van der Waals surface area contributed by atoms with Gasteiger partial charge in [0.05, 0.1) is 12.5 Å². The molecule has 1 N–H and O–H groups in total. The molecule has 0 bridgehead atoms. The molecule has 4 rings (SSSR count). The smallest absolute Gasteiger partial charge is 0.251 e. The predicted molar refractivity (Wildman–Crippen MR) is 116 cm³/mol. The molecule has 1 aliphatic rings. The number of aromatic nitrogens is 1. The van der Waals surface area contributed by atoms with E-state index in [0.29, 0.717) is 12.1 Å². The van der Waals surface area contributed by atoms with Gasteiger partial charge in [-0.2, -0.15) is 0 Å². The number of benzene rings is 2. The van der Waals surface area contributed by atoms with E-state index in [9.17, 15) is 9.59 Å². The van der Waals surface area contributed by atoms with Gasteiger partial charge in [0.1, 0.15) is 0 Å². The molecule has 1 aromatic heterocycles. The first-order valence-electron chi connectivity index (χ1n) is 10.3. The van der Waals surface area contributed by atoms with E-state index in [-0.39, 0.29) is 30.3 Å². The van der Waals surface area contributed by atoms with Crippen molar-refractivity contribution in [3.05, 3.63) is 102 Å². The van der Waals surface area contributed by atoms with Crippen molar-refractivity contribution in [2.45, 2.75) is 37.9 Å². The van der Waals surface area contributed by atoms with Gasteiger partial charge in [-0.05, 0) is 42.2 Å². The zero-order chi connectivity index (χ0) is 20.8. The molecule has 2 aromatic carbocycles. The third-order valence-electron chi connectivity index (χ3n) is 5.31. The number of carbonyl (C=O) groups excluding carboxylic acids is 2. The molecule has 3 aromatic rings. The Kier molecular flexibility index (Phi) is 6.18. The fourth-order valence-electron chi connectivity index (χ4n) is 3.56. The van der Waals surface area contributed by atoms with Crippen LogP contribution in [-0.2, 0) is 11.3 Å². The number of pyridine rings is 1. The van der Waals surface area contributed by atoms with Crippen molar-refractivity contribution in [2.75, 3.05) is 0 Å². The molecule has 5 heteroatoms. The number of hydrogen-bond donors (Lipinski definition) is 1. The molecule has 152 valence electrons. The molecule has 1 heterocycles. The Morgan fingerprint density at radius 3 is 2.30 bits per heavy atom. The highest BCUT2D eigenvalue weighted by Crippen LogP contribution is 2.30. The molecular formula is C25H25N3O2. The molecule has 2 amide bonds. The molecule has 0 radical (unpaired) electrons. The van der Waals surface area contributed by atoms with Gasteiger partial charge in [-0.1, -0.05) is 54.6 Å². The highest BCUT2D eigenvalue weighted by atomic mass is 16.2. The van der Waals surface area contributed by atoms with Gasteiger partial charge in [-0.15, -0.1) is 0 Å². The van der Waals surface area contributed by atoms with Crippen molar-refractivity contribution < 1.29 is 9.59 Å². The van der Waals surface area contributed by atoms with Gasteiger partial charge in [0.15, 0.2) is 0 Å². The lowest BCUT2D eigenvalue weighted by Gasteiger charge is -2.26.